The summed E-state index contributed by atoms with van der Waals surface area (Å²) in [5.41, 5.74) is 7.87. The minimum Gasteiger partial charge on any atom is -0.486 e. The molecule has 1 radical (unpaired) electrons. The van der Waals surface area contributed by atoms with E-state index in [2.05, 4.69) is 66.1 Å². The first kappa shape index (κ1) is 31.0. The summed E-state index contributed by atoms with van der Waals surface area (Å²) in [5.74, 6) is 0.880. The van der Waals surface area contributed by atoms with Crippen molar-refractivity contribution in [3.8, 4) is 22.5 Å². The van der Waals surface area contributed by atoms with Crippen LogP contribution in [-0.4, -0.2) is 23.0 Å². The molecule has 221 valence electrons. The number of rotatable bonds is 5. The molecule has 0 aliphatic heterocycles. The van der Waals surface area contributed by atoms with Crippen LogP contribution >= 0.6 is 0 Å². The van der Waals surface area contributed by atoms with E-state index >= 15 is 0 Å². The molecule has 0 N–H and O–H groups in total. The number of fused-ring (bicyclic) bond motifs is 3. The molecular weight excluding hydrogens is 723 g/mol. The van der Waals surface area contributed by atoms with Gasteiger partial charge in [-0.05, 0) is 54.0 Å². The Morgan fingerprint density at radius 1 is 0.860 bits per heavy atom. The SMILES string of the molecule is C[Si](C)(C)c1cnc(-c2[c-]cccc2)cc1CC1CCCC1.Cc1ccc2c(n1)oc1c(-c3ccccn3)[c-]ccc12.[Ir]. The van der Waals surface area contributed by atoms with E-state index in [-0.39, 0.29) is 20.1 Å². The summed E-state index contributed by atoms with van der Waals surface area (Å²) in [6.45, 7) is 9.24. The zero-order valence-corrected chi connectivity index (χ0v) is 28.7. The second kappa shape index (κ2) is 13.5. The van der Waals surface area contributed by atoms with Crippen LogP contribution in [0.3, 0.4) is 0 Å². The average Bonchev–Trinajstić information content (AvgIpc) is 3.65. The first-order valence-corrected chi connectivity index (χ1v) is 18.5. The average molecular weight is 760 g/mol. The van der Waals surface area contributed by atoms with Gasteiger partial charge in [-0.15, -0.1) is 54.1 Å². The predicted octanol–water partition coefficient (Wildman–Crippen LogP) is 8.98. The molecule has 0 bridgehead atoms. The van der Waals surface area contributed by atoms with Crippen molar-refractivity contribution in [3.05, 3.63) is 109 Å². The van der Waals surface area contributed by atoms with Gasteiger partial charge in [0.1, 0.15) is 0 Å². The zero-order valence-electron chi connectivity index (χ0n) is 25.3. The van der Waals surface area contributed by atoms with Gasteiger partial charge in [0.2, 0.25) is 5.71 Å². The zero-order chi connectivity index (χ0) is 29.1. The predicted molar refractivity (Wildman–Crippen MR) is 175 cm³/mol. The number of pyridine rings is 3. The van der Waals surface area contributed by atoms with Gasteiger partial charge in [-0.3, -0.25) is 0 Å². The number of furan rings is 1. The van der Waals surface area contributed by atoms with Crippen molar-refractivity contribution >= 4 is 35.3 Å². The number of benzene rings is 2. The van der Waals surface area contributed by atoms with Crippen LogP contribution in [0.5, 0.6) is 0 Å². The molecule has 0 unspecified atom stereocenters. The molecule has 1 fully saturated rings. The van der Waals surface area contributed by atoms with E-state index in [1.165, 1.54) is 32.1 Å². The van der Waals surface area contributed by atoms with E-state index in [0.717, 1.165) is 50.5 Å². The van der Waals surface area contributed by atoms with Gasteiger partial charge in [0, 0.05) is 43.6 Å². The van der Waals surface area contributed by atoms with E-state index < -0.39 is 8.07 Å². The fourth-order valence-electron chi connectivity index (χ4n) is 5.98. The van der Waals surface area contributed by atoms with Gasteiger partial charge in [-0.1, -0.05) is 80.0 Å². The largest absolute Gasteiger partial charge is 0.486 e. The molecule has 43 heavy (non-hydrogen) atoms. The van der Waals surface area contributed by atoms with Gasteiger partial charge >= 0.3 is 0 Å². The number of aryl methyl sites for hydroxylation is 1. The summed E-state index contributed by atoms with van der Waals surface area (Å²) in [7, 11) is -1.35. The maximum Gasteiger partial charge on any atom is 0.216 e. The Labute approximate surface area is 269 Å². The van der Waals surface area contributed by atoms with Gasteiger partial charge in [-0.25, -0.2) is 4.98 Å². The fourth-order valence-corrected chi connectivity index (χ4v) is 7.57. The van der Waals surface area contributed by atoms with E-state index in [1.807, 2.05) is 61.5 Å². The van der Waals surface area contributed by atoms with E-state index in [1.54, 1.807) is 16.9 Å². The van der Waals surface area contributed by atoms with Crippen molar-refractivity contribution in [1.29, 1.82) is 0 Å². The molecule has 4 aromatic heterocycles. The Kier molecular flexibility index (Phi) is 9.70. The Morgan fingerprint density at radius 3 is 2.40 bits per heavy atom. The summed E-state index contributed by atoms with van der Waals surface area (Å²) in [5, 5.41) is 3.61. The van der Waals surface area contributed by atoms with Crippen LogP contribution in [0, 0.1) is 25.0 Å². The first-order chi connectivity index (χ1) is 20.4. The molecule has 0 spiro atoms. The smallest absolute Gasteiger partial charge is 0.216 e. The molecule has 0 saturated heterocycles. The van der Waals surface area contributed by atoms with Crippen molar-refractivity contribution in [2.75, 3.05) is 0 Å². The Balaban J connectivity index is 0.000000168. The van der Waals surface area contributed by atoms with Crippen molar-refractivity contribution in [1.82, 2.24) is 15.0 Å². The van der Waals surface area contributed by atoms with Crippen LogP contribution < -0.4 is 5.19 Å². The molecule has 1 saturated carbocycles. The van der Waals surface area contributed by atoms with Crippen LogP contribution in [0.1, 0.15) is 36.9 Å². The molecule has 7 rings (SSSR count). The molecule has 6 heteroatoms. The number of aromatic nitrogens is 3. The molecule has 0 amide bonds. The second-order valence-corrected chi connectivity index (χ2v) is 17.4. The molecule has 1 aliphatic carbocycles. The summed E-state index contributed by atoms with van der Waals surface area (Å²) in [6, 6.07) is 30.8. The maximum absolute atomic E-state index is 5.94. The molecule has 4 heterocycles. The molecule has 4 nitrogen and oxygen atoms in total. The summed E-state index contributed by atoms with van der Waals surface area (Å²) < 4.78 is 5.94. The number of nitrogens with zero attached hydrogens (tertiary/aromatic N) is 3. The van der Waals surface area contributed by atoms with Crippen LogP contribution in [0.4, 0.5) is 0 Å². The quantitative estimate of drug-likeness (QED) is 0.130. The number of hydrogen-bond donors (Lipinski definition) is 0. The standard InChI is InChI=1S/C20H26NSi.C17H11N2O.Ir/c1-22(2,3)20-15-21-19(17-11-5-4-6-12-17)14-18(20)13-16-9-7-8-10-16;1-11-8-9-13-12-5-4-6-14(15-7-2-3-10-18-15)16(12)20-17(13)19-11;/h4-6,11,14-16H,7-10,13H2,1-3H3;2-5,7-10H,1H3;/q2*-1;. The van der Waals surface area contributed by atoms with Crippen LogP contribution in [-0.2, 0) is 26.5 Å². The second-order valence-electron chi connectivity index (χ2n) is 12.3. The Morgan fingerprint density at radius 2 is 1.67 bits per heavy atom. The molecule has 1 aliphatic rings. The van der Waals surface area contributed by atoms with Crippen LogP contribution in [0.2, 0.25) is 19.6 Å². The normalized spacial score (nSPS) is 13.5. The third-order valence-corrected chi connectivity index (χ3v) is 10.2. The summed E-state index contributed by atoms with van der Waals surface area (Å²) in [4.78, 5) is 13.6. The topological polar surface area (TPSA) is 51.8 Å². The van der Waals surface area contributed by atoms with Crippen molar-refractivity contribution in [2.24, 2.45) is 5.92 Å². The minimum absolute atomic E-state index is 0. The van der Waals surface area contributed by atoms with Crippen LogP contribution in [0.15, 0.2) is 89.6 Å². The van der Waals surface area contributed by atoms with Gasteiger partial charge < -0.3 is 14.4 Å². The summed E-state index contributed by atoms with van der Waals surface area (Å²) in [6.07, 6.45) is 10.8. The van der Waals surface area contributed by atoms with Gasteiger partial charge in [0.15, 0.2) is 0 Å². The van der Waals surface area contributed by atoms with E-state index in [4.69, 9.17) is 9.40 Å². The Hall–Kier alpha value is -3.44. The van der Waals surface area contributed by atoms with Gasteiger partial charge in [0.25, 0.3) is 0 Å². The molecule has 6 aromatic rings. The van der Waals surface area contributed by atoms with Gasteiger partial charge in [-0.2, -0.15) is 0 Å². The minimum atomic E-state index is -1.35. The van der Waals surface area contributed by atoms with Crippen molar-refractivity contribution in [3.63, 3.8) is 0 Å². The first-order valence-electron chi connectivity index (χ1n) is 15.0. The van der Waals surface area contributed by atoms with Crippen LogP contribution in [0.25, 0.3) is 44.6 Å². The molecule has 2 aromatic carbocycles. The molecular formula is C37H37IrN3OSi-2. The molecule has 0 atom stereocenters. The summed E-state index contributed by atoms with van der Waals surface area (Å²) >= 11 is 0. The monoisotopic (exact) mass is 760 g/mol. The van der Waals surface area contributed by atoms with Crippen molar-refractivity contribution in [2.45, 2.75) is 58.7 Å². The third-order valence-electron chi connectivity index (χ3n) is 8.12. The fraction of sp³-hybridized carbons (Fsp3) is 0.270. The number of hydrogen-bond acceptors (Lipinski definition) is 4. The van der Waals surface area contributed by atoms with E-state index in [0.29, 0.717) is 5.71 Å². The third kappa shape index (κ3) is 7.04. The Bertz CT molecular complexity index is 1810. The van der Waals surface area contributed by atoms with E-state index in [9.17, 15) is 0 Å². The maximum atomic E-state index is 5.94. The van der Waals surface area contributed by atoms with Crippen molar-refractivity contribution < 1.29 is 24.5 Å². The van der Waals surface area contributed by atoms with Gasteiger partial charge in [0.05, 0.1) is 13.7 Å².